The highest BCUT2D eigenvalue weighted by Gasteiger charge is 2.30. The maximum Gasteiger partial charge on any atom is 0.227 e. The normalized spacial score (nSPS) is 17.7. The number of rotatable bonds is 6. The SMILES string of the molecule is COc1ccc(Nc2nc(N3CCN(c4cccc(OC)c4)CC3)nc3c2C(=O)CC(C)C3)cc1. The first-order chi connectivity index (χ1) is 17.0. The molecule has 35 heavy (non-hydrogen) atoms. The Labute approximate surface area is 205 Å². The van der Waals surface area contributed by atoms with Gasteiger partial charge >= 0.3 is 0 Å². The van der Waals surface area contributed by atoms with Gasteiger partial charge in [-0.05, 0) is 48.7 Å². The third-order valence-electron chi connectivity index (χ3n) is 6.66. The maximum atomic E-state index is 13.0. The van der Waals surface area contributed by atoms with Gasteiger partial charge in [0.15, 0.2) is 5.78 Å². The minimum Gasteiger partial charge on any atom is -0.497 e. The Bertz CT molecular complexity index is 1210. The van der Waals surface area contributed by atoms with Gasteiger partial charge in [-0.1, -0.05) is 13.0 Å². The van der Waals surface area contributed by atoms with E-state index in [-0.39, 0.29) is 11.7 Å². The molecule has 182 valence electrons. The van der Waals surface area contributed by atoms with Gasteiger partial charge in [-0.15, -0.1) is 0 Å². The molecule has 2 aliphatic rings. The fourth-order valence-electron chi connectivity index (χ4n) is 4.77. The van der Waals surface area contributed by atoms with Crippen molar-refractivity contribution in [3.05, 3.63) is 59.8 Å². The van der Waals surface area contributed by atoms with E-state index in [0.717, 1.165) is 61.2 Å². The summed E-state index contributed by atoms with van der Waals surface area (Å²) >= 11 is 0. The summed E-state index contributed by atoms with van der Waals surface area (Å²) in [6.07, 6.45) is 1.30. The molecule has 1 aliphatic heterocycles. The molecular formula is C27H31N5O3. The van der Waals surface area contributed by atoms with Gasteiger partial charge in [0.25, 0.3) is 0 Å². The lowest BCUT2D eigenvalue weighted by Crippen LogP contribution is -2.47. The van der Waals surface area contributed by atoms with Gasteiger partial charge < -0.3 is 24.6 Å². The number of methoxy groups -OCH3 is 2. The van der Waals surface area contributed by atoms with Crippen molar-refractivity contribution in [1.29, 1.82) is 0 Å². The van der Waals surface area contributed by atoms with Gasteiger partial charge in [0.1, 0.15) is 17.3 Å². The van der Waals surface area contributed by atoms with Gasteiger partial charge in [0.05, 0.1) is 25.5 Å². The van der Waals surface area contributed by atoms with Crippen LogP contribution in [0.2, 0.25) is 0 Å². The van der Waals surface area contributed by atoms with Crippen LogP contribution in [0.5, 0.6) is 11.5 Å². The minimum absolute atomic E-state index is 0.101. The number of carbonyl (C=O) groups excluding carboxylic acids is 1. The molecule has 1 fully saturated rings. The number of benzene rings is 2. The van der Waals surface area contributed by atoms with Gasteiger partial charge in [-0.3, -0.25) is 4.79 Å². The number of carbonyl (C=O) groups is 1. The number of fused-ring (bicyclic) bond motifs is 1. The summed E-state index contributed by atoms with van der Waals surface area (Å²) in [5, 5.41) is 3.38. The van der Waals surface area contributed by atoms with Crippen LogP contribution in [0, 0.1) is 5.92 Å². The molecule has 1 N–H and O–H groups in total. The molecule has 3 aromatic rings. The largest absolute Gasteiger partial charge is 0.497 e. The summed E-state index contributed by atoms with van der Waals surface area (Å²) in [6.45, 7) is 5.39. The quantitative estimate of drug-likeness (QED) is 0.567. The Morgan fingerprint density at radius 3 is 2.31 bits per heavy atom. The Morgan fingerprint density at radius 1 is 0.886 bits per heavy atom. The fraction of sp³-hybridized carbons (Fsp3) is 0.370. The van der Waals surface area contributed by atoms with Crippen molar-refractivity contribution in [2.45, 2.75) is 19.8 Å². The molecule has 0 radical (unpaired) electrons. The standard InChI is InChI=1S/C27H31N5O3/c1-18-15-23-25(24(33)16-18)26(28-19-7-9-21(34-2)10-8-19)30-27(29-23)32-13-11-31(12-14-32)20-5-4-6-22(17-20)35-3/h4-10,17-18H,11-16H2,1-3H3,(H,28,29,30). The summed E-state index contributed by atoms with van der Waals surface area (Å²) in [6, 6.07) is 15.8. The van der Waals surface area contributed by atoms with Gasteiger partial charge in [0.2, 0.25) is 5.95 Å². The Hall–Kier alpha value is -3.81. The summed E-state index contributed by atoms with van der Waals surface area (Å²) < 4.78 is 10.6. The molecule has 0 bridgehead atoms. The second-order valence-electron chi connectivity index (χ2n) is 9.16. The van der Waals surface area contributed by atoms with E-state index in [1.165, 1.54) is 0 Å². The van der Waals surface area contributed by atoms with Crippen molar-refractivity contribution in [1.82, 2.24) is 9.97 Å². The number of hydrogen-bond acceptors (Lipinski definition) is 8. The number of hydrogen-bond donors (Lipinski definition) is 1. The third-order valence-corrected chi connectivity index (χ3v) is 6.66. The number of aromatic nitrogens is 2. The molecule has 1 atom stereocenters. The summed E-state index contributed by atoms with van der Waals surface area (Å²) in [7, 11) is 3.33. The predicted octanol–water partition coefficient (Wildman–Crippen LogP) is 4.33. The van der Waals surface area contributed by atoms with Crippen molar-refractivity contribution in [2.75, 3.05) is 55.5 Å². The van der Waals surface area contributed by atoms with Gasteiger partial charge in [0, 0.05) is 50.0 Å². The van der Waals surface area contributed by atoms with Crippen LogP contribution in [0.1, 0.15) is 29.4 Å². The van der Waals surface area contributed by atoms with Crippen molar-refractivity contribution < 1.29 is 14.3 Å². The molecule has 0 spiro atoms. The first-order valence-corrected chi connectivity index (χ1v) is 12.0. The highest BCUT2D eigenvalue weighted by molar-refractivity contribution is 6.03. The van der Waals surface area contributed by atoms with Crippen molar-refractivity contribution in [2.24, 2.45) is 5.92 Å². The van der Waals surface area contributed by atoms with Crippen molar-refractivity contribution in [3.8, 4) is 11.5 Å². The first kappa shape index (κ1) is 23.0. The molecule has 8 heteroatoms. The van der Waals surface area contributed by atoms with Crippen LogP contribution in [0.3, 0.4) is 0 Å². The van der Waals surface area contributed by atoms with Gasteiger partial charge in [-0.2, -0.15) is 4.98 Å². The molecule has 8 nitrogen and oxygen atoms in total. The summed E-state index contributed by atoms with van der Waals surface area (Å²) in [5.41, 5.74) is 3.46. The first-order valence-electron chi connectivity index (χ1n) is 12.0. The highest BCUT2D eigenvalue weighted by Crippen LogP contribution is 2.33. The van der Waals surface area contributed by atoms with E-state index < -0.39 is 0 Å². The van der Waals surface area contributed by atoms with Crippen LogP contribution < -0.4 is 24.6 Å². The smallest absolute Gasteiger partial charge is 0.227 e. The molecule has 1 aliphatic carbocycles. The topological polar surface area (TPSA) is 79.8 Å². The monoisotopic (exact) mass is 473 g/mol. The zero-order valence-electron chi connectivity index (χ0n) is 20.5. The number of anilines is 4. The third kappa shape index (κ3) is 4.87. The average molecular weight is 474 g/mol. The second kappa shape index (κ2) is 9.82. The fourth-order valence-corrected chi connectivity index (χ4v) is 4.77. The lowest BCUT2D eigenvalue weighted by molar-refractivity contribution is 0.0952. The van der Waals surface area contributed by atoms with Gasteiger partial charge in [-0.25, -0.2) is 4.98 Å². The molecule has 5 rings (SSSR count). The minimum atomic E-state index is 0.101. The number of nitrogens with zero attached hydrogens (tertiary/aromatic N) is 4. The number of ether oxygens (including phenoxy) is 2. The lowest BCUT2D eigenvalue weighted by Gasteiger charge is -2.36. The van der Waals surface area contributed by atoms with E-state index in [2.05, 4.69) is 34.2 Å². The van der Waals surface area contributed by atoms with E-state index in [1.54, 1.807) is 14.2 Å². The van der Waals surface area contributed by atoms with Crippen LogP contribution in [0.15, 0.2) is 48.5 Å². The van der Waals surface area contributed by atoms with E-state index >= 15 is 0 Å². The Kier molecular flexibility index (Phi) is 6.44. The lowest BCUT2D eigenvalue weighted by atomic mass is 9.87. The zero-order chi connectivity index (χ0) is 24.4. The second-order valence-corrected chi connectivity index (χ2v) is 9.16. The van der Waals surface area contributed by atoms with Crippen molar-refractivity contribution >= 4 is 28.9 Å². The van der Waals surface area contributed by atoms with E-state index in [4.69, 9.17) is 19.4 Å². The van der Waals surface area contributed by atoms with Crippen LogP contribution in [0.25, 0.3) is 0 Å². The van der Waals surface area contributed by atoms with Crippen LogP contribution >= 0.6 is 0 Å². The molecule has 2 aromatic carbocycles. The highest BCUT2D eigenvalue weighted by atomic mass is 16.5. The number of nitrogens with one attached hydrogen (secondary N) is 1. The molecule has 0 saturated carbocycles. The van der Waals surface area contributed by atoms with Crippen LogP contribution in [-0.2, 0) is 6.42 Å². The Balaban J connectivity index is 1.40. The molecule has 0 amide bonds. The summed E-state index contributed by atoms with van der Waals surface area (Å²) in [5.74, 6) is 3.27. The molecule has 2 heterocycles. The van der Waals surface area contributed by atoms with E-state index in [9.17, 15) is 4.79 Å². The predicted molar refractivity (Wildman–Crippen MR) is 138 cm³/mol. The molecular weight excluding hydrogens is 442 g/mol. The molecule has 1 aromatic heterocycles. The van der Waals surface area contributed by atoms with E-state index in [0.29, 0.717) is 23.8 Å². The molecule has 1 unspecified atom stereocenters. The number of Topliss-reactive ketones (excluding diaryl/α,β-unsaturated/α-hetero) is 1. The molecule has 1 saturated heterocycles. The summed E-state index contributed by atoms with van der Waals surface area (Å²) in [4.78, 5) is 27.3. The maximum absolute atomic E-state index is 13.0. The van der Waals surface area contributed by atoms with Crippen LogP contribution in [0.4, 0.5) is 23.1 Å². The number of ketones is 1. The van der Waals surface area contributed by atoms with Crippen LogP contribution in [-0.4, -0.2) is 56.1 Å². The van der Waals surface area contributed by atoms with Crippen molar-refractivity contribution in [3.63, 3.8) is 0 Å². The average Bonchev–Trinajstić information content (AvgIpc) is 2.88. The zero-order valence-corrected chi connectivity index (χ0v) is 20.5. The number of piperazine rings is 1. The van der Waals surface area contributed by atoms with E-state index in [1.807, 2.05) is 36.4 Å². The Morgan fingerprint density at radius 2 is 1.60 bits per heavy atom.